The highest BCUT2D eigenvalue weighted by molar-refractivity contribution is 9.11. The Morgan fingerprint density at radius 2 is 2.10 bits per heavy atom. The molecule has 1 aromatic rings. The summed E-state index contributed by atoms with van der Waals surface area (Å²) in [5.74, 6) is 0.906. The van der Waals surface area contributed by atoms with E-state index < -0.39 is 10.0 Å². The Morgan fingerprint density at radius 3 is 2.67 bits per heavy atom. The van der Waals surface area contributed by atoms with Gasteiger partial charge in [0, 0.05) is 17.5 Å². The smallest absolute Gasteiger partial charge is 0.242 e. The highest BCUT2D eigenvalue weighted by Gasteiger charge is 2.32. The van der Waals surface area contributed by atoms with Crippen molar-refractivity contribution in [2.24, 2.45) is 17.6 Å². The Bertz CT molecular complexity index is 584. The zero-order valence-electron chi connectivity index (χ0n) is 12.4. The maximum atomic E-state index is 12.6. The zero-order valence-corrected chi connectivity index (χ0v) is 15.7. The molecule has 1 heterocycles. The van der Waals surface area contributed by atoms with Gasteiger partial charge in [0.25, 0.3) is 0 Å². The number of hydrogen-bond acceptors (Lipinski definition) is 4. The summed E-state index contributed by atoms with van der Waals surface area (Å²) in [6.45, 7) is 4.70. The first-order chi connectivity index (χ1) is 9.85. The lowest BCUT2D eigenvalue weighted by molar-refractivity contribution is 0.226. The van der Waals surface area contributed by atoms with Crippen molar-refractivity contribution in [2.45, 2.75) is 57.0 Å². The van der Waals surface area contributed by atoms with E-state index in [-0.39, 0.29) is 6.04 Å². The van der Waals surface area contributed by atoms with Crippen LogP contribution in [0.15, 0.2) is 14.7 Å². The molecule has 1 saturated carbocycles. The van der Waals surface area contributed by atoms with Crippen LogP contribution in [0.1, 0.15) is 44.4 Å². The minimum absolute atomic E-state index is 0.0388. The fourth-order valence-corrected chi connectivity index (χ4v) is 6.93. The van der Waals surface area contributed by atoms with Crippen molar-refractivity contribution < 1.29 is 8.42 Å². The van der Waals surface area contributed by atoms with E-state index in [2.05, 4.69) is 34.5 Å². The van der Waals surface area contributed by atoms with Crippen molar-refractivity contribution in [3.05, 3.63) is 14.7 Å². The van der Waals surface area contributed by atoms with Gasteiger partial charge in [-0.15, -0.1) is 11.3 Å². The molecule has 1 aliphatic carbocycles. The number of nitrogens with two attached hydrogens (primary N) is 1. The van der Waals surface area contributed by atoms with Crippen molar-refractivity contribution in [3.8, 4) is 0 Å². The van der Waals surface area contributed by atoms with E-state index in [0.717, 1.165) is 24.1 Å². The Balaban J connectivity index is 2.21. The van der Waals surface area contributed by atoms with E-state index >= 15 is 0 Å². The summed E-state index contributed by atoms with van der Waals surface area (Å²) < 4.78 is 28.8. The molecule has 2 rings (SSSR count). The van der Waals surface area contributed by atoms with Crippen LogP contribution in [0.2, 0.25) is 0 Å². The van der Waals surface area contributed by atoms with Gasteiger partial charge in [-0.05, 0) is 46.7 Å². The SMILES string of the molecule is CC(C)C1CCCCC1NS(=O)(=O)c1cc(CN)sc1Br. The Hall–Kier alpha value is 0.0500. The van der Waals surface area contributed by atoms with E-state index in [4.69, 9.17) is 5.73 Å². The predicted molar refractivity (Wildman–Crippen MR) is 90.8 cm³/mol. The normalized spacial score (nSPS) is 23.7. The van der Waals surface area contributed by atoms with Crippen LogP contribution in [-0.4, -0.2) is 14.5 Å². The molecule has 1 fully saturated rings. The van der Waals surface area contributed by atoms with Crippen molar-refractivity contribution in [1.29, 1.82) is 0 Å². The van der Waals surface area contributed by atoms with Gasteiger partial charge < -0.3 is 5.73 Å². The second-order valence-electron chi connectivity index (χ2n) is 5.97. The highest BCUT2D eigenvalue weighted by Crippen LogP contribution is 2.34. The average molecular weight is 395 g/mol. The van der Waals surface area contributed by atoms with Gasteiger partial charge in [-0.1, -0.05) is 26.7 Å². The quantitative estimate of drug-likeness (QED) is 0.802. The van der Waals surface area contributed by atoms with Gasteiger partial charge in [0.1, 0.15) is 4.90 Å². The molecule has 0 bridgehead atoms. The van der Waals surface area contributed by atoms with Crippen LogP contribution in [0.3, 0.4) is 0 Å². The van der Waals surface area contributed by atoms with Gasteiger partial charge in [-0.3, -0.25) is 0 Å². The number of rotatable bonds is 5. The van der Waals surface area contributed by atoms with Crippen LogP contribution in [0.4, 0.5) is 0 Å². The lowest BCUT2D eigenvalue weighted by atomic mass is 9.78. The molecule has 3 N–H and O–H groups in total. The Labute approximate surface area is 139 Å². The van der Waals surface area contributed by atoms with Crippen LogP contribution >= 0.6 is 27.3 Å². The van der Waals surface area contributed by atoms with Crippen molar-refractivity contribution in [1.82, 2.24) is 4.72 Å². The fraction of sp³-hybridized carbons (Fsp3) is 0.714. The van der Waals surface area contributed by atoms with Crippen LogP contribution in [0.5, 0.6) is 0 Å². The lowest BCUT2D eigenvalue weighted by Crippen LogP contribution is -2.43. The lowest BCUT2D eigenvalue weighted by Gasteiger charge is -2.34. The Kier molecular flexibility index (Phi) is 5.87. The summed E-state index contributed by atoms with van der Waals surface area (Å²) in [7, 11) is -3.49. The fourth-order valence-electron chi connectivity index (χ4n) is 3.05. The average Bonchev–Trinajstić information content (AvgIpc) is 2.81. The summed E-state index contributed by atoms with van der Waals surface area (Å²) in [5, 5.41) is 0. The van der Waals surface area contributed by atoms with E-state index in [0.29, 0.717) is 27.1 Å². The Morgan fingerprint density at radius 1 is 1.43 bits per heavy atom. The third-order valence-electron chi connectivity index (χ3n) is 4.18. The molecule has 0 aliphatic heterocycles. The molecule has 2 unspecified atom stereocenters. The van der Waals surface area contributed by atoms with Gasteiger partial charge in [-0.2, -0.15) is 0 Å². The molecule has 0 amide bonds. The van der Waals surface area contributed by atoms with E-state index in [1.54, 1.807) is 6.07 Å². The van der Waals surface area contributed by atoms with Gasteiger partial charge in [0.05, 0.1) is 3.79 Å². The van der Waals surface area contributed by atoms with Crippen LogP contribution in [0.25, 0.3) is 0 Å². The standard InChI is InChI=1S/C14H23BrN2O2S2/c1-9(2)11-5-3-4-6-12(11)17-21(18,19)13-7-10(8-16)20-14(13)15/h7,9,11-12,17H,3-6,8,16H2,1-2H3. The van der Waals surface area contributed by atoms with Crippen LogP contribution in [0, 0.1) is 11.8 Å². The summed E-state index contributed by atoms with van der Waals surface area (Å²) in [6.07, 6.45) is 4.31. The minimum Gasteiger partial charge on any atom is -0.326 e. The molecule has 7 heteroatoms. The number of halogens is 1. The molecular weight excluding hydrogens is 372 g/mol. The molecule has 2 atom stereocenters. The second-order valence-corrected chi connectivity index (χ2v) is 10.1. The molecule has 0 saturated heterocycles. The highest BCUT2D eigenvalue weighted by atomic mass is 79.9. The maximum Gasteiger partial charge on any atom is 0.242 e. The largest absolute Gasteiger partial charge is 0.326 e. The maximum absolute atomic E-state index is 12.6. The predicted octanol–water partition coefficient (Wildman–Crippen LogP) is 3.46. The minimum atomic E-state index is -3.49. The first-order valence-corrected chi connectivity index (χ1v) is 10.4. The van der Waals surface area contributed by atoms with Crippen molar-refractivity contribution in [2.75, 3.05) is 0 Å². The van der Waals surface area contributed by atoms with Gasteiger partial charge in [0.2, 0.25) is 10.0 Å². The molecule has 21 heavy (non-hydrogen) atoms. The molecule has 1 aliphatic rings. The third kappa shape index (κ3) is 4.07. The van der Waals surface area contributed by atoms with Gasteiger partial charge in [-0.25, -0.2) is 13.1 Å². The van der Waals surface area contributed by atoms with Crippen LogP contribution in [-0.2, 0) is 16.6 Å². The van der Waals surface area contributed by atoms with Crippen LogP contribution < -0.4 is 10.5 Å². The zero-order chi connectivity index (χ0) is 15.6. The first-order valence-electron chi connectivity index (χ1n) is 7.35. The summed E-state index contributed by atoms with van der Waals surface area (Å²) in [4.78, 5) is 1.19. The molecule has 0 radical (unpaired) electrons. The number of thiophene rings is 1. The molecule has 4 nitrogen and oxygen atoms in total. The van der Waals surface area contributed by atoms with E-state index in [1.807, 2.05) is 0 Å². The topological polar surface area (TPSA) is 72.2 Å². The molecule has 0 spiro atoms. The van der Waals surface area contributed by atoms with Crippen molar-refractivity contribution in [3.63, 3.8) is 0 Å². The van der Waals surface area contributed by atoms with Gasteiger partial charge >= 0.3 is 0 Å². The number of hydrogen-bond donors (Lipinski definition) is 2. The monoisotopic (exact) mass is 394 g/mol. The summed E-state index contributed by atoms with van der Waals surface area (Å²) in [5.41, 5.74) is 5.60. The summed E-state index contributed by atoms with van der Waals surface area (Å²) >= 11 is 4.73. The van der Waals surface area contributed by atoms with Gasteiger partial charge in [0.15, 0.2) is 0 Å². The molecular formula is C14H23BrN2O2S2. The second kappa shape index (κ2) is 7.08. The number of sulfonamides is 1. The van der Waals surface area contributed by atoms with Crippen molar-refractivity contribution >= 4 is 37.3 Å². The first kappa shape index (κ1) is 17.4. The number of nitrogens with one attached hydrogen (secondary N) is 1. The third-order valence-corrected chi connectivity index (χ3v) is 7.94. The summed E-state index contributed by atoms with van der Waals surface area (Å²) in [6, 6.07) is 1.71. The molecule has 0 aromatic carbocycles. The van der Waals surface area contributed by atoms with E-state index in [9.17, 15) is 8.42 Å². The van der Waals surface area contributed by atoms with E-state index in [1.165, 1.54) is 17.8 Å². The molecule has 120 valence electrons. The molecule has 1 aromatic heterocycles.